The van der Waals surface area contributed by atoms with Crippen LogP contribution in [0.25, 0.3) is 22.2 Å². The fourth-order valence-electron chi connectivity index (χ4n) is 7.95. The SMILES string of the molecule is COC(=O)c1cccc2c1-c1c(C3CCCCC3)c3ccccc3n1C[C@@H](N(C)CCN1CCC(N(C)S(=O)(=O)NC(=O)OC(C)(C)C)C1)CO2. The molecule has 2 aliphatic heterocycles. The van der Waals surface area contributed by atoms with Crippen LogP contribution in [-0.4, -0.2) is 111 Å². The van der Waals surface area contributed by atoms with Crippen LogP contribution in [0.2, 0.25) is 0 Å². The summed E-state index contributed by atoms with van der Waals surface area (Å²) in [6.45, 7) is 8.95. The Morgan fingerprint density at radius 1 is 0.980 bits per heavy atom. The zero-order valence-corrected chi connectivity index (χ0v) is 31.6. The van der Waals surface area contributed by atoms with Crippen LogP contribution in [0.4, 0.5) is 4.79 Å². The highest BCUT2D eigenvalue weighted by Gasteiger charge is 2.36. The summed E-state index contributed by atoms with van der Waals surface area (Å²) in [5, 5.41) is 1.23. The third kappa shape index (κ3) is 8.06. The number of benzene rings is 2. The molecule has 3 aliphatic rings. The molecule has 278 valence electrons. The third-order valence-electron chi connectivity index (χ3n) is 10.7. The maximum atomic E-state index is 13.2. The van der Waals surface area contributed by atoms with Crippen molar-refractivity contribution in [1.82, 2.24) is 23.4 Å². The first-order chi connectivity index (χ1) is 24.3. The molecule has 1 unspecified atom stereocenters. The van der Waals surface area contributed by atoms with E-state index in [2.05, 4.69) is 45.7 Å². The second-order valence-corrected chi connectivity index (χ2v) is 16.9. The van der Waals surface area contributed by atoms with Gasteiger partial charge in [0.1, 0.15) is 18.0 Å². The van der Waals surface area contributed by atoms with Crippen LogP contribution >= 0.6 is 0 Å². The van der Waals surface area contributed by atoms with Crippen LogP contribution in [-0.2, 0) is 26.2 Å². The molecule has 13 heteroatoms. The van der Waals surface area contributed by atoms with Crippen LogP contribution in [0.5, 0.6) is 5.75 Å². The average Bonchev–Trinajstić information content (AvgIpc) is 3.68. The number of nitrogens with zero attached hydrogens (tertiary/aromatic N) is 4. The number of para-hydroxylation sites is 1. The van der Waals surface area contributed by atoms with E-state index in [1.54, 1.807) is 20.8 Å². The molecule has 12 nitrogen and oxygen atoms in total. The van der Waals surface area contributed by atoms with Crippen molar-refractivity contribution in [3.05, 3.63) is 53.6 Å². The third-order valence-corrected chi connectivity index (χ3v) is 12.1. The Bertz CT molecular complexity index is 1850. The Morgan fingerprint density at radius 2 is 1.73 bits per heavy atom. The number of amides is 1. The van der Waals surface area contributed by atoms with Gasteiger partial charge in [-0.1, -0.05) is 43.5 Å². The Kier molecular flexibility index (Phi) is 11.0. The van der Waals surface area contributed by atoms with Crippen LogP contribution in [0.15, 0.2) is 42.5 Å². The molecular weight excluding hydrogens is 671 g/mol. The molecule has 3 heterocycles. The molecule has 1 saturated heterocycles. The maximum absolute atomic E-state index is 13.2. The number of ether oxygens (including phenoxy) is 3. The Balaban J connectivity index is 1.22. The van der Waals surface area contributed by atoms with Crippen molar-refractivity contribution in [1.29, 1.82) is 0 Å². The molecule has 2 aromatic carbocycles. The van der Waals surface area contributed by atoms with Gasteiger partial charge in [0.2, 0.25) is 0 Å². The van der Waals surface area contributed by atoms with Gasteiger partial charge >= 0.3 is 22.3 Å². The molecule has 0 spiro atoms. The molecule has 1 aromatic heterocycles. The quantitative estimate of drug-likeness (QED) is 0.281. The lowest BCUT2D eigenvalue weighted by atomic mass is 9.81. The summed E-state index contributed by atoms with van der Waals surface area (Å²) in [5.74, 6) is 0.696. The number of carbonyl (C=O) groups is 2. The van der Waals surface area contributed by atoms with Gasteiger partial charge in [-0.15, -0.1) is 0 Å². The number of methoxy groups -OCH3 is 1. The lowest BCUT2D eigenvalue weighted by Gasteiger charge is -2.34. The van der Waals surface area contributed by atoms with E-state index in [4.69, 9.17) is 14.2 Å². The Morgan fingerprint density at radius 3 is 2.45 bits per heavy atom. The summed E-state index contributed by atoms with van der Waals surface area (Å²) in [6, 6.07) is 14.0. The van der Waals surface area contributed by atoms with E-state index < -0.39 is 21.9 Å². The van der Waals surface area contributed by atoms with Crippen molar-refractivity contribution in [2.75, 3.05) is 54.0 Å². The van der Waals surface area contributed by atoms with Crippen LogP contribution in [0.1, 0.15) is 81.1 Å². The van der Waals surface area contributed by atoms with Crippen molar-refractivity contribution < 1.29 is 32.2 Å². The number of aromatic nitrogens is 1. The van der Waals surface area contributed by atoms with Crippen molar-refractivity contribution in [2.45, 2.75) is 89.4 Å². The van der Waals surface area contributed by atoms with E-state index in [1.807, 2.05) is 22.9 Å². The molecule has 2 atom stereocenters. The number of likely N-dealkylation sites (N-methyl/N-ethyl adjacent to an activating group) is 2. The van der Waals surface area contributed by atoms with Crippen molar-refractivity contribution in [3.8, 4) is 17.0 Å². The van der Waals surface area contributed by atoms with Gasteiger partial charge in [0.05, 0.1) is 30.0 Å². The van der Waals surface area contributed by atoms with E-state index in [1.165, 1.54) is 48.7 Å². The molecule has 1 amide bonds. The number of likely N-dealkylation sites (tertiary alicyclic amines) is 1. The first kappa shape index (κ1) is 37.1. The summed E-state index contributed by atoms with van der Waals surface area (Å²) in [5.41, 5.74) is 4.04. The number of nitrogens with one attached hydrogen (secondary N) is 1. The normalized spacial score (nSPS) is 20.4. The number of fused-ring (bicyclic) bond motifs is 5. The molecule has 6 rings (SSSR count). The summed E-state index contributed by atoms with van der Waals surface area (Å²) in [6.07, 6.45) is 5.53. The molecular formula is C38H53N5O7S. The first-order valence-electron chi connectivity index (χ1n) is 18.1. The smallest absolute Gasteiger partial charge is 0.422 e. The zero-order valence-electron chi connectivity index (χ0n) is 30.8. The van der Waals surface area contributed by atoms with Gasteiger partial charge in [-0.3, -0.25) is 4.90 Å². The molecule has 0 bridgehead atoms. The van der Waals surface area contributed by atoms with Crippen molar-refractivity contribution in [2.24, 2.45) is 0 Å². The number of hydrogen-bond donors (Lipinski definition) is 1. The largest absolute Gasteiger partial charge is 0.491 e. The van der Waals surface area contributed by atoms with E-state index in [9.17, 15) is 18.0 Å². The second-order valence-electron chi connectivity index (χ2n) is 15.2. The topological polar surface area (TPSA) is 123 Å². The minimum Gasteiger partial charge on any atom is -0.491 e. The molecule has 3 aromatic rings. The van der Waals surface area contributed by atoms with Gasteiger partial charge in [0.15, 0.2) is 0 Å². The Labute approximate surface area is 302 Å². The number of carbonyl (C=O) groups excluding carboxylic acids is 2. The van der Waals surface area contributed by atoms with Gasteiger partial charge in [-0.2, -0.15) is 12.7 Å². The van der Waals surface area contributed by atoms with Gasteiger partial charge in [0, 0.05) is 50.2 Å². The van der Waals surface area contributed by atoms with Gasteiger partial charge in [-0.05, 0) is 83.3 Å². The predicted molar refractivity (Wildman–Crippen MR) is 197 cm³/mol. The lowest BCUT2D eigenvalue weighted by molar-refractivity contribution is 0.0563. The maximum Gasteiger partial charge on any atom is 0.422 e. The van der Waals surface area contributed by atoms with E-state index in [0.717, 1.165) is 49.2 Å². The van der Waals surface area contributed by atoms with Crippen molar-refractivity contribution >= 4 is 33.2 Å². The van der Waals surface area contributed by atoms with Gasteiger partial charge in [0.25, 0.3) is 0 Å². The monoisotopic (exact) mass is 723 g/mol. The highest BCUT2D eigenvalue weighted by Crippen LogP contribution is 2.48. The number of hydrogen-bond acceptors (Lipinski definition) is 9. The fourth-order valence-corrected chi connectivity index (χ4v) is 8.91. The second kappa shape index (κ2) is 15.1. The van der Waals surface area contributed by atoms with Crippen molar-refractivity contribution in [3.63, 3.8) is 0 Å². The lowest BCUT2D eigenvalue weighted by Crippen LogP contribution is -2.48. The molecule has 51 heavy (non-hydrogen) atoms. The summed E-state index contributed by atoms with van der Waals surface area (Å²) < 4.78 is 48.7. The molecule has 1 aliphatic carbocycles. The standard InChI is InChI=1S/C38H53N5O7S/c1-38(2,3)50-37(45)39-51(46,47)41(5)27-19-20-42(23-27)22-21-40(4)28-24-43-31-17-11-10-15-29(31)33(26-13-8-7-9-14-26)35(43)34-30(36(44)48-6)16-12-18-32(34)49-25-28/h10-12,15-18,26-28H,7-9,13-14,19-25H2,1-6H3,(H,39,45)/t27?,28-/m1/s1. The molecule has 2 fully saturated rings. The van der Waals surface area contributed by atoms with Gasteiger partial charge < -0.3 is 23.7 Å². The highest BCUT2D eigenvalue weighted by atomic mass is 32.2. The predicted octanol–water partition coefficient (Wildman–Crippen LogP) is 5.61. The summed E-state index contributed by atoms with van der Waals surface area (Å²) in [7, 11) is 0.984. The molecule has 0 radical (unpaired) electrons. The first-order valence-corrected chi connectivity index (χ1v) is 19.6. The minimum atomic E-state index is -4.06. The van der Waals surface area contributed by atoms with Gasteiger partial charge in [-0.25, -0.2) is 14.3 Å². The van der Waals surface area contributed by atoms with E-state index >= 15 is 0 Å². The highest BCUT2D eigenvalue weighted by molar-refractivity contribution is 7.87. The zero-order chi connectivity index (χ0) is 36.5. The summed E-state index contributed by atoms with van der Waals surface area (Å²) >= 11 is 0. The van der Waals surface area contributed by atoms with E-state index in [-0.39, 0.29) is 18.1 Å². The number of rotatable bonds is 9. The number of esters is 1. The molecule has 1 saturated carbocycles. The van der Waals surface area contributed by atoms with Crippen LogP contribution < -0.4 is 9.46 Å². The summed E-state index contributed by atoms with van der Waals surface area (Å²) in [4.78, 5) is 30.0. The average molecular weight is 724 g/mol. The fraction of sp³-hybridized carbons (Fsp3) is 0.579. The van der Waals surface area contributed by atoms with Crippen LogP contribution in [0.3, 0.4) is 0 Å². The Hall–Kier alpha value is -3.65. The molecule has 1 N–H and O–H groups in total. The van der Waals surface area contributed by atoms with Crippen LogP contribution in [0, 0.1) is 0 Å². The van der Waals surface area contributed by atoms with E-state index in [0.29, 0.717) is 43.3 Å². The minimum absolute atomic E-state index is 0.0215.